The van der Waals surface area contributed by atoms with Crippen LogP contribution in [-0.2, 0) is 21.2 Å². The first-order valence-electron chi connectivity index (χ1n) is 10.2. The van der Waals surface area contributed by atoms with E-state index in [9.17, 15) is 13.2 Å². The number of sulfone groups is 1. The molecule has 1 aromatic carbocycles. The molecular formula is C21H30N2O3S. The Labute approximate surface area is 162 Å². The quantitative estimate of drug-likeness (QED) is 0.792. The lowest BCUT2D eigenvalue weighted by molar-refractivity contribution is -0.144. The molecular weight excluding hydrogens is 360 g/mol. The summed E-state index contributed by atoms with van der Waals surface area (Å²) in [5.74, 6) is 1.12. The van der Waals surface area contributed by atoms with Gasteiger partial charge < -0.3 is 4.90 Å². The van der Waals surface area contributed by atoms with E-state index >= 15 is 0 Å². The van der Waals surface area contributed by atoms with Gasteiger partial charge in [-0.1, -0.05) is 44.5 Å². The van der Waals surface area contributed by atoms with E-state index in [0.29, 0.717) is 12.5 Å². The number of nitrogens with zero attached hydrogens (tertiary/aromatic N) is 2. The molecule has 3 aliphatic rings. The molecule has 0 unspecified atom stereocenters. The Morgan fingerprint density at radius 2 is 1.74 bits per heavy atom. The van der Waals surface area contributed by atoms with E-state index in [4.69, 9.17) is 0 Å². The van der Waals surface area contributed by atoms with Crippen molar-refractivity contribution >= 4 is 15.7 Å². The van der Waals surface area contributed by atoms with Crippen LogP contribution in [0.15, 0.2) is 24.3 Å². The van der Waals surface area contributed by atoms with Gasteiger partial charge in [0.2, 0.25) is 5.91 Å². The van der Waals surface area contributed by atoms with Gasteiger partial charge in [-0.25, -0.2) is 8.42 Å². The minimum absolute atomic E-state index is 0.0717. The molecule has 0 aromatic heterocycles. The highest BCUT2D eigenvalue weighted by atomic mass is 32.2. The second-order valence-electron chi connectivity index (χ2n) is 8.74. The van der Waals surface area contributed by atoms with Gasteiger partial charge in [0.1, 0.15) is 0 Å². The van der Waals surface area contributed by atoms with Gasteiger partial charge in [0.05, 0.1) is 17.5 Å². The molecule has 2 saturated heterocycles. The van der Waals surface area contributed by atoms with Gasteiger partial charge in [0.25, 0.3) is 0 Å². The van der Waals surface area contributed by atoms with Crippen LogP contribution in [0.5, 0.6) is 0 Å². The van der Waals surface area contributed by atoms with Gasteiger partial charge in [0.15, 0.2) is 9.84 Å². The average molecular weight is 391 g/mol. The molecule has 4 rings (SSSR count). The Morgan fingerprint density at radius 3 is 2.33 bits per heavy atom. The number of carbonyl (C=O) groups excluding carboxylic acids is 1. The smallest absolute Gasteiger partial charge is 0.226 e. The summed E-state index contributed by atoms with van der Waals surface area (Å²) < 4.78 is 24.7. The number of benzene rings is 1. The van der Waals surface area contributed by atoms with Crippen LogP contribution in [0.1, 0.15) is 50.2 Å². The summed E-state index contributed by atoms with van der Waals surface area (Å²) in [5, 5.41) is 0. The highest BCUT2D eigenvalue weighted by molar-refractivity contribution is 7.91. The molecule has 0 bridgehead atoms. The number of piperazine rings is 1. The lowest BCUT2D eigenvalue weighted by atomic mass is 9.83. The minimum Gasteiger partial charge on any atom is -0.336 e. The summed E-state index contributed by atoms with van der Waals surface area (Å²) >= 11 is 0. The van der Waals surface area contributed by atoms with Gasteiger partial charge in [-0.2, -0.15) is 0 Å². The Kier molecular flexibility index (Phi) is 5.06. The van der Waals surface area contributed by atoms with Crippen LogP contribution in [-0.4, -0.2) is 60.8 Å². The summed E-state index contributed by atoms with van der Waals surface area (Å²) in [5.41, 5.74) is 2.53. The molecule has 6 heteroatoms. The average Bonchev–Trinajstić information content (AvgIpc) is 2.89. The zero-order valence-electron chi connectivity index (χ0n) is 16.3. The predicted octanol–water partition coefficient (Wildman–Crippen LogP) is 2.42. The largest absolute Gasteiger partial charge is 0.336 e. The summed E-state index contributed by atoms with van der Waals surface area (Å²) in [6, 6.07) is 8.39. The highest BCUT2D eigenvalue weighted by Crippen LogP contribution is 2.34. The molecule has 2 heterocycles. The van der Waals surface area contributed by atoms with Crippen molar-refractivity contribution in [1.82, 2.24) is 9.80 Å². The van der Waals surface area contributed by atoms with Crippen LogP contribution in [0.4, 0.5) is 0 Å². The van der Waals surface area contributed by atoms with E-state index in [1.54, 1.807) is 0 Å². The third-order valence-corrected chi connectivity index (χ3v) is 8.26. The second-order valence-corrected chi connectivity index (χ2v) is 10.9. The molecule has 5 nitrogen and oxygen atoms in total. The number of hydrogen-bond donors (Lipinski definition) is 0. The van der Waals surface area contributed by atoms with Gasteiger partial charge in [-0.05, 0) is 29.9 Å². The highest BCUT2D eigenvalue weighted by Gasteiger charge is 2.49. The van der Waals surface area contributed by atoms with Crippen LogP contribution in [0.3, 0.4) is 0 Å². The minimum atomic E-state index is -3.09. The van der Waals surface area contributed by atoms with Crippen molar-refractivity contribution < 1.29 is 13.2 Å². The van der Waals surface area contributed by atoms with Crippen molar-refractivity contribution in [3.05, 3.63) is 35.4 Å². The first kappa shape index (κ1) is 18.9. The lowest BCUT2D eigenvalue weighted by Crippen LogP contribution is -2.61. The molecule has 1 amide bonds. The summed E-state index contributed by atoms with van der Waals surface area (Å²) in [7, 11) is -3.09. The van der Waals surface area contributed by atoms with Crippen LogP contribution < -0.4 is 0 Å². The normalized spacial score (nSPS) is 28.2. The van der Waals surface area contributed by atoms with E-state index in [-0.39, 0.29) is 35.4 Å². The molecule has 148 valence electrons. The van der Waals surface area contributed by atoms with E-state index < -0.39 is 9.84 Å². The van der Waals surface area contributed by atoms with Gasteiger partial charge in [0, 0.05) is 31.6 Å². The molecule has 27 heavy (non-hydrogen) atoms. The number of amides is 1. The second kappa shape index (κ2) is 7.21. The first-order valence-corrected chi connectivity index (χ1v) is 12.0. The fraction of sp³-hybridized carbons (Fsp3) is 0.667. The summed E-state index contributed by atoms with van der Waals surface area (Å²) in [6.07, 6.45) is 3.05. The zero-order valence-corrected chi connectivity index (χ0v) is 17.1. The topological polar surface area (TPSA) is 57.7 Å². The third-order valence-electron chi connectivity index (χ3n) is 6.56. The maximum atomic E-state index is 12.8. The Balaban J connectivity index is 1.51. The standard InChI is InChI=1S/C21H30N2O3S/c1-15(2)17-8-6-16(7-9-17)12-22-10-11-23(21(24)18-4-3-5-18)20-14-27(25,26)13-19(20)22/h6-9,15,18-20H,3-5,10-14H2,1-2H3/t19-,20+/m0/s1. The first-order chi connectivity index (χ1) is 12.8. The SMILES string of the molecule is CC(C)c1ccc(CN2CCN(C(=O)C3CCC3)[C@@H]3CS(=O)(=O)C[C@@H]32)cc1. The van der Waals surface area contributed by atoms with E-state index in [1.807, 2.05) is 4.90 Å². The maximum absolute atomic E-state index is 12.8. The molecule has 2 atom stereocenters. The Morgan fingerprint density at radius 1 is 1.07 bits per heavy atom. The number of hydrogen-bond acceptors (Lipinski definition) is 4. The van der Waals surface area contributed by atoms with Gasteiger partial charge in [-0.3, -0.25) is 9.69 Å². The molecule has 1 aromatic rings. The third kappa shape index (κ3) is 3.79. The molecule has 3 fully saturated rings. The Bertz CT molecular complexity index is 799. The molecule has 1 saturated carbocycles. The van der Waals surface area contributed by atoms with Gasteiger partial charge in [-0.15, -0.1) is 0 Å². The van der Waals surface area contributed by atoms with E-state index in [1.165, 1.54) is 11.1 Å². The lowest BCUT2D eigenvalue weighted by Gasteiger charge is -2.45. The van der Waals surface area contributed by atoms with Crippen LogP contribution >= 0.6 is 0 Å². The van der Waals surface area contributed by atoms with Crippen LogP contribution in [0.25, 0.3) is 0 Å². The van der Waals surface area contributed by atoms with E-state index in [0.717, 1.165) is 32.4 Å². The summed E-state index contributed by atoms with van der Waals surface area (Å²) in [6.45, 7) is 6.51. The molecule has 0 N–H and O–H groups in total. The van der Waals surface area contributed by atoms with Crippen molar-refractivity contribution in [3.63, 3.8) is 0 Å². The molecule has 0 radical (unpaired) electrons. The van der Waals surface area contributed by atoms with Crippen molar-refractivity contribution in [1.29, 1.82) is 0 Å². The Hall–Kier alpha value is -1.40. The van der Waals surface area contributed by atoms with Gasteiger partial charge >= 0.3 is 0 Å². The monoisotopic (exact) mass is 390 g/mol. The van der Waals surface area contributed by atoms with Crippen LogP contribution in [0.2, 0.25) is 0 Å². The number of carbonyl (C=O) groups is 1. The zero-order chi connectivity index (χ0) is 19.2. The summed E-state index contributed by atoms with van der Waals surface area (Å²) in [4.78, 5) is 17.0. The maximum Gasteiger partial charge on any atom is 0.226 e. The predicted molar refractivity (Wildman–Crippen MR) is 106 cm³/mol. The molecule has 1 aliphatic carbocycles. The number of fused-ring (bicyclic) bond motifs is 1. The van der Waals surface area contributed by atoms with Crippen molar-refractivity contribution in [2.24, 2.45) is 5.92 Å². The van der Waals surface area contributed by atoms with E-state index in [2.05, 4.69) is 43.0 Å². The van der Waals surface area contributed by atoms with Crippen molar-refractivity contribution in [3.8, 4) is 0 Å². The number of rotatable bonds is 4. The fourth-order valence-corrected chi connectivity index (χ4v) is 6.64. The van der Waals surface area contributed by atoms with Crippen LogP contribution in [0, 0.1) is 5.92 Å². The van der Waals surface area contributed by atoms with Crippen molar-refractivity contribution in [2.75, 3.05) is 24.6 Å². The molecule has 2 aliphatic heterocycles. The molecule has 0 spiro atoms. The van der Waals surface area contributed by atoms with Crippen molar-refractivity contribution in [2.45, 2.75) is 57.7 Å². The fourth-order valence-electron chi connectivity index (χ4n) is 4.63.